The number of benzene rings is 3. The van der Waals surface area contributed by atoms with Crippen molar-refractivity contribution in [3.8, 4) is 22.3 Å². The number of hydrazone groups is 1. The summed E-state index contributed by atoms with van der Waals surface area (Å²) in [6.07, 6.45) is 5.11. The first-order valence-electron chi connectivity index (χ1n) is 11.3. The predicted octanol–water partition coefficient (Wildman–Crippen LogP) is 4.13. The SMILES string of the molecule is CCOC(=O)c1cn(Cc2cccc(C=NN)c2)cc1-c1ccc(-c2cc(F)ccc2S(N)(=O)=O)cc1. The molecule has 0 fully saturated rings. The first kappa shape index (κ1) is 25.8. The Kier molecular flexibility index (Phi) is 7.51. The summed E-state index contributed by atoms with van der Waals surface area (Å²) >= 11 is 0. The van der Waals surface area contributed by atoms with Crippen LogP contribution >= 0.6 is 0 Å². The fraction of sp³-hybridized carbons (Fsp3) is 0.111. The lowest BCUT2D eigenvalue weighted by atomic mass is 9.99. The molecule has 4 N–H and O–H groups in total. The van der Waals surface area contributed by atoms with E-state index in [1.807, 2.05) is 35.0 Å². The van der Waals surface area contributed by atoms with E-state index in [0.717, 1.165) is 29.3 Å². The summed E-state index contributed by atoms with van der Waals surface area (Å²) in [6.45, 7) is 2.44. The van der Waals surface area contributed by atoms with Crippen LogP contribution in [0.25, 0.3) is 22.3 Å². The van der Waals surface area contributed by atoms with E-state index in [1.54, 1.807) is 43.6 Å². The van der Waals surface area contributed by atoms with Crippen LogP contribution < -0.4 is 11.0 Å². The maximum Gasteiger partial charge on any atom is 0.340 e. The van der Waals surface area contributed by atoms with Crippen LogP contribution in [0.5, 0.6) is 0 Å². The van der Waals surface area contributed by atoms with Gasteiger partial charge in [-0.2, -0.15) is 5.10 Å². The van der Waals surface area contributed by atoms with Crippen LogP contribution in [0.4, 0.5) is 4.39 Å². The van der Waals surface area contributed by atoms with Crippen molar-refractivity contribution in [1.29, 1.82) is 0 Å². The van der Waals surface area contributed by atoms with E-state index in [0.29, 0.717) is 28.8 Å². The van der Waals surface area contributed by atoms with Crippen LogP contribution in [0.2, 0.25) is 0 Å². The number of aromatic nitrogens is 1. The Morgan fingerprint density at radius 2 is 1.73 bits per heavy atom. The largest absolute Gasteiger partial charge is 0.462 e. The van der Waals surface area contributed by atoms with Gasteiger partial charge < -0.3 is 15.1 Å². The second kappa shape index (κ2) is 10.8. The van der Waals surface area contributed by atoms with Gasteiger partial charge in [0, 0.05) is 30.1 Å². The van der Waals surface area contributed by atoms with E-state index in [4.69, 9.17) is 15.7 Å². The summed E-state index contributed by atoms with van der Waals surface area (Å²) in [4.78, 5) is 12.6. The molecule has 0 unspecified atom stereocenters. The number of nitrogens with two attached hydrogens (primary N) is 2. The van der Waals surface area contributed by atoms with Crippen molar-refractivity contribution in [3.63, 3.8) is 0 Å². The van der Waals surface area contributed by atoms with Gasteiger partial charge in [0.1, 0.15) is 5.82 Å². The molecule has 0 aliphatic heterocycles. The van der Waals surface area contributed by atoms with E-state index in [9.17, 15) is 17.6 Å². The average Bonchev–Trinajstić information content (AvgIpc) is 3.28. The minimum absolute atomic E-state index is 0.151. The average molecular weight is 521 g/mol. The molecule has 3 aromatic carbocycles. The maximum atomic E-state index is 13.9. The molecule has 190 valence electrons. The predicted molar refractivity (Wildman–Crippen MR) is 140 cm³/mol. The third-order valence-corrected chi connectivity index (χ3v) is 6.64. The summed E-state index contributed by atoms with van der Waals surface area (Å²) < 4.78 is 45.1. The topological polar surface area (TPSA) is 130 Å². The molecular weight excluding hydrogens is 495 g/mol. The molecule has 0 saturated heterocycles. The fourth-order valence-electron chi connectivity index (χ4n) is 4.07. The van der Waals surface area contributed by atoms with Gasteiger partial charge >= 0.3 is 5.97 Å². The number of hydrogen-bond acceptors (Lipinski definition) is 6. The van der Waals surface area contributed by atoms with E-state index in [2.05, 4.69) is 5.10 Å². The molecule has 0 amide bonds. The molecule has 0 bridgehead atoms. The van der Waals surface area contributed by atoms with Gasteiger partial charge in [-0.05, 0) is 53.4 Å². The van der Waals surface area contributed by atoms with Crippen LogP contribution in [0.15, 0.2) is 89.1 Å². The lowest BCUT2D eigenvalue weighted by molar-refractivity contribution is 0.0527. The molecule has 0 atom stereocenters. The third kappa shape index (κ3) is 5.93. The van der Waals surface area contributed by atoms with Gasteiger partial charge in [0.15, 0.2) is 0 Å². The summed E-state index contributed by atoms with van der Waals surface area (Å²) in [7, 11) is -4.06. The first-order chi connectivity index (χ1) is 17.7. The van der Waals surface area contributed by atoms with E-state index < -0.39 is 21.8 Å². The molecule has 4 aromatic rings. The quantitative estimate of drug-likeness (QED) is 0.156. The molecule has 1 aromatic heterocycles. The number of ether oxygens (including phenoxy) is 1. The standard InChI is InChI=1S/C27H25FN4O4S/c1-2-36-27(33)25-17-32(15-19-5-3-4-18(12-19)14-31-29)16-24(25)21-8-6-20(7-9-21)23-13-22(28)10-11-26(23)37(30,34)35/h3-14,16-17H,2,15,29H2,1H3,(H2,30,34,35). The summed E-state index contributed by atoms with van der Waals surface area (Å²) in [5.74, 6) is 4.20. The number of hydrogen-bond donors (Lipinski definition) is 2. The normalized spacial score (nSPS) is 11.6. The molecule has 4 rings (SSSR count). The minimum atomic E-state index is -4.06. The molecule has 8 nitrogen and oxygen atoms in total. The third-order valence-electron chi connectivity index (χ3n) is 5.67. The highest BCUT2D eigenvalue weighted by atomic mass is 32.2. The molecule has 1 heterocycles. The van der Waals surface area contributed by atoms with Crippen LogP contribution in [-0.4, -0.2) is 31.8 Å². The Morgan fingerprint density at radius 1 is 1.03 bits per heavy atom. The van der Waals surface area contributed by atoms with Crippen molar-refractivity contribution in [2.75, 3.05) is 6.61 Å². The maximum absolute atomic E-state index is 13.9. The number of carbonyl (C=O) groups excluding carboxylic acids is 1. The van der Waals surface area contributed by atoms with Gasteiger partial charge in [-0.1, -0.05) is 42.5 Å². The van der Waals surface area contributed by atoms with E-state index >= 15 is 0 Å². The zero-order valence-corrected chi connectivity index (χ0v) is 20.8. The Morgan fingerprint density at radius 3 is 2.38 bits per heavy atom. The van der Waals surface area contributed by atoms with Gasteiger partial charge in [-0.25, -0.2) is 22.7 Å². The van der Waals surface area contributed by atoms with Gasteiger partial charge in [0.05, 0.1) is 23.3 Å². The van der Waals surface area contributed by atoms with E-state index in [1.165, 1.54) is 0 Å². The van der Waals surface area contributed by atoms with Gasteiger partial charge in [0.2, 0.25) is 10.0 Å². The van der Waals surface area contributed by atoms with E-state index in [-0.39, 0.29) is 17.1 Å². The molecular formula is C27H25FN4O4S. The summed E-state index contributed by atoms with van der Waals surface area (Å²) in [6, 6.07) is 17.7. The highest BCUT2D eigenvalue weighted by Gasteiger charge is 2.19. The van der Waals surface area contributed by atoms with Gasteiger partial charge in [0.25, 0.3) is 0 Å². The Bertz CT molecular complexity index is 1580. The zero-order valence-electron chi connectivity index (χ0n) is 20.0. The molecule has 0 aliphatic carbocycles. The number of nitrogens with zero attached hydrogens (tertiary/aromatic N) is 2. The Labute approximate surface area is 214 Å². The second-order valence-electron chi connectivity index (χ2n) is 8.26. The van der Waals surface area contributed by atoms with Crippen molar-refractivity contribution in [2.45, 2.75) is 18.4 Å². The number of halogens is 1. The number of carbonyl (C=O) groups is 1. The molecule has 0 radical (unpaired) electrons. The number of sulfonamides is 1. The zero-order chi connectivity index (χ0) is 26.6. The van der Waals surface area contributed by atoms with Crippen molar-refractivity contribution in [1.82, 2.24) is 4.57 Å². The summed E-state index contributed by atoms with van der Waals surface area (Å²) in [5, 5.41) is 8.88. The van der Waals surface area contributed by atoms with Crippen LogP contribution in [-0.2, 0) is 21.3 Å². The Balaban J connectivity index is 1.73. The first-order valence-corrected chi connectivity index (χ1v) is 12.9. The number of esters is 1. The molecule has 0 aliphatic rings. The fourth-order valence-corrected chi connectivity index (χ4v) is 4.82. The van der Waals surface area contributed by atoms with Gasteiger partial charge in [-0.15, -0.1) is 0 Å². The van der Waals surface area contributed by atoms with Crippen LogP contribution in [0.1, 0.15) is 28.4 Å². The van der Waals surface area contributed by atoms with Crippen LogP contribution in [0, 0.1) is 5.82 Å². The second-order valence-corrected chi connectivity index (χ2v) is 9.79. The minimum Gasteiger partial charge on any atom is -0.462 e. The molecule has 0 spiro atoms. The van der Waals surface area contributed by atoms with Crippen molar-refractivity contribution >= 4 is 22.2 Å². The van der Waals surface area contributed by atoms with Crippen LogP contribution in [0.3, 0.4) is 0 Å². The molecule has 10 heteroatoms. The van der Waals surface area contributed by atoms with Gasteiger partial charge in [-0.3, -0.25) is 0 Å². The lowest BCUT2D eigenvalue weighted by Crippen LogP contribution is -2.13. The van der Waals surface area contributed by atoms with Crippen molar-refractivity contribution < 1.29 is 22.3 Å². The highest BCUT2D eigenvalue weighted by molar-refractivity contribution is 7.89. The molecule has 37 heavy (non-hydrogen) atoms. The van der Waals surface area contributed by atoms with Crippen molar-refractivity contribution in [2.24, 2.45) is 16.1 Å². The monoisotopic (exact) mass is 520 g/mol. The highest BCUT2D eigenvalue weighted by Crippen LogP contribution is 2.32. The number of rotatable bonds is 8. The smallest absolute Gasteiger partial charge is 0.340 e. The Hall–Kier alpha value is -4.28. The molecule has 0 saturated carbocycles. The van der Waals surface area contributed by atoms with Crippen molar-refractivity contribution in [3.05, 3.63) is 102 Å². The lowest BCUT2D eigenvalue weighted by Gasteiger charge is -2.10. The number of primary sulfonamides is 1. The summed E-state index contributed by atoms with van der Waals surface area (Å²) in [5.41, 5.74) is 4.15.